The van der Waals surface area contributed by atoms with Crippen LogP contribution in [0.2, 0.25) is 5.02 Å². The van der Waals surface area contributed by atoms with E-state index in [0.717, 1.165) is 22.1 Å². The summed E-state index contributed by atoms with van der Waals surface area (Å²) in [6, 6.07) is 5.27. The molecule has 0 fully saturated rings. The molecule has 0 saturated heterocycles. The lowest BCUT2D eigenvalue weighted by atomic mass is 10.3. The van der Waals surface area contributed by atoms with E-state index >= 15 is 0 Å². The number of rotatable bonds is 4. The van der Waals surface area contributed by atoms with Crippen molar-refractivity contribution in [3.05, 3.63) is 41.6 Å². The summed E-state index contributed by atoms with van der Waals surface area (Å²) in [5, 5.41) is 1.33. The zero-order valence-electron chi connectivity index (χ0n) is 9.24. The van der Waals surface area contributed by atoms with Gasteiger partial charge in [-0.15, -0.1) is 11.8 Å². The Kier molecular flexibility index (Phi) is 4.49. The molecule has 94 valence electrons. The van der Waals surface area contributed by atoms with E-state index in [4.69, 9.17) is 11.6 Å². The van der Waals surface area contributed by atoms with Crippen LogP contribution in [0.25, 0.3) is 11.0 Å². The zero-order chi connectivity index (χ0) is 13.0. The molecular formula is C12H9ClF2N2S. The Morgan fingerprint density at radius 1 is 1.33 bits per heavy atom. The third kappa shape index (κ3) is 3.65. The summed E-state index contributed by atoms with van der Waals surface area (Å²) >= 11 is 7.24. The number of halogens is 3. The van der Waals surface area contributed by atoms with Gasteiger partial charge in [0.1, 0.15) is 5.03 Å². The van der Waals surface area contributed by atoms with Crippen molar-refractivity contribution in [3.63, 3.8) is 0 Å². The minimum absolute atomic E-state index is 0.313. The van der Waals surface area contributed by atoms with Crippen molar-refractivity contribution in [2.75, 3.05) is 5.75 Å². The minimum atomic E-state index is -1.64. The van der Waals surface area contributed by atoms with E-state index in [1.165, 1.54) is 11.8 Å². The van der Waals surface area contributed by atoms with Crippen LogP contribution in [0.4, 0.5) is 8.78 Å². The number of allylic oxidation sites excluding steroid dienone is 1. The highest BCUT2D eigenvalue weighted by atomic mass is 35.5. The third-order valence-electron chi connectivity index (χ3n) is 2.15. The number of fused-ring (bicyclic) bond motifs is 1. The van der Waals surface area contributed by atoms with E-state index in [-0.39, 0.29) is 0 Å². The molecule has 2 nitrogen and oxygen atoms in total. The summed E-state index contributed by atoms with van der Waals surface area (Å²) < 4.78 is 23.6. The second kappa shape index (κ2) is 6.11. The molecule has 0 bridgehead atoms. The van der Waals surface area contributed by atoms with Gasteiger partial charge in [0.05, 0.1) is 17.2 Å². The summed E-state index contributed by atoms with van der Waals surface area (Å²) in [4.78, 5) is 8.59. The van der Waals surface area contributed by atoms with Gasteiger partial charge in [-0.3, -0.25) is 4.98 Å². The molecule has 1 aromatic carbocycles. The van der Waals surface area contributed by atoms with Gasteiger partial charge in [0, 0.05) is 10.8 Å². The quantitative estimate of drug-likeness (QED) is 0.609. The monoisotopic (exact) mass is 286 g/mol. The molecule has 0 atom stereocenters. The van der Waals surface area contributed by atoms with Gasteiger partial charge in [-0.25, -0.2) is 4.98 Å². The molecule has 2 aromatic rings. The van der Waals surface area contributed by atoms with Crippen molar-refractivity contribution in [3.8, 4) is 0 Å². The lowest BCUT2D eigenvalue weighted by molar-refractivity contribution is 0.418. The Morgan fingerprint density at radius 2 is 2.17 bits per heavy atom. The Morgan fingerprint density at radius 3 is 2.94 bits per heavy atom. The number of aromatic nitrogens is 2. The molecule has 0 aliphatic carbocycles. The first-order chi connectivity index (χ1) is 8.65. The number of hydrogen-bond donors (Lipinski definition) is 0. The van der Waals surface area contributed by atoms with Crippen molar-refractivity contribution in [1.29, 1.82) is 0 Å². The second-order valence-electron chi connectivity index (χ2n) is 3.47. The predicted octanol–water partition coefficient (Wildman–Crippen LogP) is 4.55. The summed E-state index contributed by atoms with van der Waals surface area (Å²) in [5.41, 5.74) is 1.47. The van der Waals surface area contributed by atoms with Crippen LogP contribution in [-0.2, 0) is 0 Å². The van der Waals surface area contributed by atoms with Gasteiger partial charge < -0.3 is 0 Å². The van der Waals surface area contributed by atoms with Crippen molar-refractivity contribution in [2.45, 2.75) is 11.4 Å². The van der Waals surface area contributed by atoms with Gasteiger partial charge in [-0.1, -0.05) is 11.6 Å². The van der Waals surface area contributed by atoms with E-state index in [2.05, 4.69) is 9.97 Å². The second-order valence-corrected chi connectivity index (χ2v) is 5.02. The van der Waals surface area contributed by atoms with Gasteiger partial charge in [-0.05, 0) is 30.7 Å². The molecule has 0 aliphatic rings. The van der Waals surface area contributed by atoms with Crippen LogP contribution in [0.3, 0.4) is 0 Å². The van der Waals surface area contributed by atoms with E-state index in [0.29, 0.717) is 17.2 Å². The molecule has 6 heteroatoms. The fraction of sp³-hybridized carbons (Fsp3) is 0.167. The Labute approximate surface area is 112 Å². The van der Waals surface area contributed by atoms with Gasteiger partial charge >= 0.3 is 0 Å². The van der Waals surface area contributed by atoms with Crippen LogP contribution in [0.5, 0.6) is 0 Å². The highest BCUT2D eigenvalue weighted by Gasteiger charge is 2.01. The standard InChI is InChI=1S/C12H9ClF2N2S/c13-8-3-4-9-10(6-8)16-7-12(17-9)18-5-1-2-11(14)15/h2-4,6-7H,1,5H2. The lowest BCUT2D eigenvalue weighted by Gasteiger charge is -2.01. The zero-order valence-corrected chi connectivity index (χ0v) is 10.8. The number of benzene rings is 1. The normalized spacial score (nSPS) is 10.6. The third-order valence-corrected chi connectivity index (χ3v) is 3.32. The maximum Gasteiger partial charge on any atom is 0.266 e. The van der Waals surface area contributed by atoms with Gasteiger partial charge in [-0.2, -0.15) is 8.78 Å². The highest BCUT2D eigenvalue weighted by molar-refractivity contribution is 7.99. The van der Waals surface area contributed by atoms with E-state index < -0.39 is 6.08 Å². The first-order valence-electron chi connectivity index (χ1n) is 5.21. The summed E-state index contributed by atoms with van der Waals surface area (Å²) in [6.45, 7) is 0. The molecule has 0 saturated carbocycles. The molecular weight excluding hydrogens is 278 g/mol. The molecule has 2 rings (SSSR count). The summed E-state index contributed by atoms with van der Waals surface area (Å²) in [5.74, 6) is 0.547. The average Bonchev–Trinajstić information content (AvgIpc) is 2.34. The van der Waals surface area contributed by atoms with Crippen molar-refractivity contribution in [2.24, 2.45) is 0 Å². The van der Waals surface area contributed by atoms with Crippen LogP contribution >= 0.6 is 23.4 Å². The highest BCUT2D eigenvalue weighted by Crippen LogP contribution is 2.21. The molecule has 0 amide bonds. The first-order valence-corrected chi connectivity index (χ1v) is 6.58. The summed E-state index contributed by atoms with van der Waals surface area (Å²) in [7, 11) is 0. The van der Waals surface area contributed by atoms with Crippen LogP contribution in [0, 0.1) is 0 Å². The van der Waals surface area contributed by atoms with Crippen LogP contribution in [-0.4, -0.2) is 15.7 Å². The molecule has 0 radical (unpaired) electrons. The Hall–Kier alpha value is -1.20. The molecule has 0 N–H and O–H groups in total. The topological polar surface area (TPSA) is 25.8 Å². The van der Waals surface area contributed by atoms with E-state index in [1.54, 1.807) is 24.4 Å². The number of nitrogens with zero attached hydrogens (tertiary/aromatic N) is 2. The Balaban J connectivity index is 2.06. The minimum Gasteiger partial charge on any atom is -0.252 e. The molecule has 1 heterocycles. The van der Waals surface area contributed by atoms with Crippen molar-refractivity contribution >= 4 is 34.4 Å². The predicted molar refractivity (Wildman–Crippen MR) is 70.2 cm³/mol. The first kappa shape index (κ1) is 13.2. The largest absolute Gasteiger partial charge is 0.266 e. The van der Waals surface area contributed by atoms with Crippen LogP contribution in [0.1, 0.15) is 6.42 Å². The SMILES string of the molecule is FC(F)=CCCSc1cnc2cc(Cl)ccc2n1. The van der Waals surface area contributed by atoms with Gasteiger partial charge in [0.2, 0.25) is 0 Å². The Bertz CT molecular complexity index is 585. The van der Waals surface area contributed by atoms with Gasteiger partial charge in [0.15, 0.2) is 0 Å². The van der Waals surface area contributed by atoms with Crippen LogP contribution in [0.15, 0.2) is 41.6 Å². The fourth-order valence-electron chi connectivity index (χ4n) is 1.37. The molecule has 1 aromatic heterocycles. The smallest absolute Gasteiger partial charge is 0.252 e. The molecule has 0 spiro atoms. The van der Waals surface area contributed by atoms with Crippen molar-refractivity contribution < 1.29 is 8.78 Å². The summed E-state index contributed by atoms with van der Waals surface area (Å²) in [6.07, 6.45) is 1.20. The average molecular weight is 287 g/mol. The molecule has 18 heavy (non-hydrogen) atoms. The van der Waals surface area contributed by atoms with Gasteiger partial charge in [0.25, 0.3) is 6.08 Å². The van der Waals surface area contributed by atoms with Crippen LogP contribution < -0.4 is 0 Å². The fourth-order valence-corrected chi connectivity index (χ4v) is 2.27. The lowest BCUT2D eigenvalue weighted by Crippen LogP contribution is -1.87. The maximum absolute atomic E-state index is 11.8. The van der Waals surface area contributed by atoms with E-state index in [9.17, 15) is 8.78 Å². The molecule has 0 aliphatic heterocycles. The number of thioether (sulfide) groups is 1. The van der Waals surface area contributed by atoms with E-state index in [1.807, 2.05) is 0 Å². The van der Waals surface area contributed by atoms with Crippen molar-refractivity contribution in [1.82, 2.24) is 9.97 Å². The maximum atomic E-state index is 11.8. The molecule has 0 unspecified atom stereocenters. The number of hydrogen-bond acceptors (Lipinski definition) is 3.